The number of nitrogens with one attached hydrogen (secondary N) is 1. The second-order valence-corrected chi connectivity index (χ2v) is 5.16. The molecule has 0 spiro atoms. The van der Waals surface area contributed by atoms with Gasteiger partial charge < -0.3 is 10.1 Å². The molecule has 2 rings (SSSR count). The third-order valence-electron chi connectivity index (χ3n) is 2.89. The van der Waals surface area contributed by atoms with Gasteiger partial charge in [0, 0.05) is 18.0 Å². The van der Waals surface area contributed by atoms with Gasteiger partial charge in [0.15, 0.2) is 0 Å². The summed E-state index contributed by atoms with van der Waals surface area (Å²) in [6.45, 7) is 6.18. The molecule has 1 atom stereocenters. The van der Waals surface area contributed by atoms with Crippen molar-refractivity contribution in [2.24, 2.45) is 0 Å². The van der Waals surface area contributed by atoms with E-state index >= 15 is 0 Å². The van der Waals surface area contributed by atoms with E-state index in [9.17, 15) is 0 Å². The monoisotopic (exact) mass is 283 g/mol. The summed E-state index contributed by atoms with van der Waals surface area (Å²) in [4.78, 5) is 0. The maximum absolute atomic E-state index is 5.73. The van der Waals surface area contributed by atoms with E-state index in [2.05, 4.69) is 47.2 Å². The Bertz CT molecular complexity index is 378. The Morgan fingerprint density at radius 1 is 1.50 bits per heavy atom. The van der Waals surface area contributed by atoms with Gasteiger partial charge in [0.2, 0.25) is 0 Å². The van der Waals surface area contributed by atoms with Crippen molar-refractivity contribution in [1.82, 2.24) is 5.32 Å². The molecule has 0 aliphatic carbocycles. The topological polar surface area (TPSA) is 21.3 Å². The summed E-state index contributed by atoms with van der Waals surface area (Å²) >= 11 is 3.58. The normalized spacial score (nSPS) is 19.1. The van der Waals surface area contributed by atoms with Crippen LogP contribution in [0.5, 0.6) is 5.75 Å². The first-order valence-electron chi connectivity index (χ1n) is 5.88. The fraction of sp³-hybridized carbons (Fsp3) is 0.538. The van der Waals surface area contributed by atoms with E-state index in [4.69, 9.17) is 4.74 Å². The molecule has 0 saturated carbocycles. The molecule has 1 aliphatic heterocycles. The highest BCUT2D eigenvalue weighted by Crippen LogP contribution is 2.38. The minimum Gasteiger partial charge on any atom is -0.492 e. The number of hydrogen-bond acceptors (Lipinski definition) is 2. The minimum atomic E-state index is 0.444. The van der Waals surface area contributed by atoms with Crippen LogP contribution in [0.1, 0.15) is 36.9 Å². The maximum atomic E-state index is 5.73. The molecule has 3 heteroatoms. The number of hydrogen-bond donors (Lipinski definition) is 1. The number of aryl methyl sites for hydroxylation is 1. The van der Waals surface area contributed by atoms with Gasteiger partial charge in [-0.1, -0.05) is 13.0 Å². The van der Waals surface area contributed by atoms with Crippen LogP contribution >= 0.6 is 15.9 Å². The van der Waals surface area contributed by atoms with Crippen molar-refractivity contribution in [3.63, 3.8) is 0 Å². The molecule has 1 unspecified atom stereocenters. The van der Waals surface area contributed by atoms with Gasteiger partial charge in [-0.3, -0.25) is 0 Å². The molecule has 0 fully saturated rings. The quantitative estimate of drug-likeness (QED) is 0.916. The largest absolute Gasteiger partial charge is 0.492 e. The fourth-order valence-electron chi connectivity index (χ4n) is 2.13. The average molecular weight is 284 g/mol. The van der Waals surface area contributed by atoms with E-state index < -0.39 is 0 Å². The first-order chi connectivity index (χ1) is 7.72. The Labute approximate surface area is 106 Å². The van der Waals surface area contributed by atoms with E-state index in [0.29, 0.717) is 6.04 Å². The van der Waals surface area contributed by atoms with Gasteiger partial charge in [0.25, 0.3) is 0 Å². The Balaban J connectivity index is 2.30. The summed E-state index contributed by atoms with van der Waals surface area (Å²) in [5, 5.41) is 3.58. The molecule has 1 aliphatic rings. The summed E-state index contributed by atoms with van der Waals surface area (Å²) in [6, 6.07) is 4.79. The fourth-order valence-corrected chi connectivity index (χ4v) is 2.84. The van der Waals surface area contributed by atoms with Crippen molar-refractivity contribution in [3.8, 4) is 5.75 Å². The van der Waals surface area contributed by atoms with Crippen LogP contribution in [0.4, 0.5) is 0 Å². The zero-order valence-electron chi connectivity index (χ0n) is 9.85. The van der Waals surface area contributed by atoms with Crippen LogP contribution in [-0.4, -0.2) is 13.2 Å². The third kappa shape index (κ3) is 2.41. The molecule has 88 valence electrons. The van der Waals surface area contributed by atoms with Gasteiger partial charge in [0.1, 0.15) is 5.75 Å². The number of rotatable bonds is 3. The predicted molar refractivity (Wildman–Crippen MR) is 70.0 cm³/mol. The van der Waals surface area contributed by atoms with E-state index in [1.807, 2.05) is 0 Å². The van der Waals surface area contributed by atoms with Crippen LogP contribution in [0, 0.1) is 6.92 Å². The highest BCUT2D eigenvalue weighted by molar-refractivity contribution is 9.10. The molecule has 1 aromatic rings. The van der Waals surface area contributed by atoms with Crippen LogP contribution in [0.25, 0.3) is 0 Å². The Morgan fingerprint density at radius 3 is 3.06 bits per heavy atom. The second-order valence-electron chi connectivity index (χ2n) is 4.31. The molecule has 0 saturated heterocycles. The molecule has 1 aromatic carbocycles. The van der Waals surface area contributed by atoms with Gasteiger partial charge in [-0.15, -0.1) is 0 Å². The average Bonchev–Trinajstić information content (AvgIpc) is 2.26. The molecule has 2 nitrogen and oxygen atoms in total. The molecule has 0 amide bonds. The molecule has 0 bridgehead atoms. The number of fused-ring (bicyclic) bond motifs is 1. The molecule has 1 N–H and O–H groups in total. The Kier molecular flexibility index (Phi) is 3.87. The van der Waals surface area contributed by atoms with Gasteiger partial charge in [-0.25, -0.2) is 0 Å². The number of ether oxygens (including phenoxy) is 1. The zero-order valence-corrected chi connectivity index (χ0v) is 11.4. The Morgan fingerprint density at radius 2 is 2.31 bits per heavy atom. The summed E-state index contributed by atoms with van der Waals surface area (Å²) < 4.78 is 6.81. The molecular weight excluding hydrogens is 266 g/mol. The lowest BCUT2D eigenvalue weighted by molar-refractivity contribution is 0.251. The SMILES string of the molecule is CCCNC1CCOc2c(Br)cc(C)cc21. The molecule has 0 radical (unpaired) electrons. The van der Waals surface area contributed by atoms with Gasteiger partial charge in [-0.05, 0) is 47.4 Å². The second kappa shape index (κ2) is 5.19. The maximum Gasteiger partial charge on any atom is 0.138 e. The first kappa shape index (κ1) is 11.9. The van der Waals surface area contributed by atoms with Crippen LogP contribution in [0.15, 0.2) is 16.6 Å². The van der Waals surface area contributed by atoms with Crippen molar-refractivity contribution in [1.29, 1.82) is 0 Å². The van der Waals surface area contributed by atoms with Crippen molar-refractivity contribution >= 4 is 15.9 Å². The lowest BCUT2D eigenvalue weighted by Gasteiger charge is -2.28. The van der Waals surface area contributed by atoms with Crippen molar-refractivity contribution < 1.29 is 4.74 Å². The molecular formula is C13H18BrNO. The van der Waals surface area contributed by atoms with Crippen LogP contribution < -0.4 is 10.1 Å². The molecule has 16 heavy (non-hydrogen) atoms. The standard InChI is InChI=1S/C13H18BrNO/c1-3-5-15-12-4-6-16-13-10(12)7-9(2)8-11(13)14/h7-8,12,15H,3-6H2,1-2H3. The van der Waals surface area contributed by atoms with Crippen LogP contribution in [0.2, 0.25) is 0 Å². The number of halogens is 1. The zero-order chi connectivity index (χ0) is 11.5. The highest BCUT2D eigenvalue weighted by atomic mass is 79.9. The summed E-state index contributed by atoms with van der Waals surface area (Å²) in [5.41, 5.74) is 2.57. The van der Waals surface area contributed by atoms with Gasteiger partial charge in [-0.2, -0.15) is 0 Å². The van der Waals surface area contributed by atoms with Crippen LogP contribution in [-0.2, 0) is 0 Å². The summed E-state index contributed by atoms with van der Waals surface area (Å²) in [7, 11) is 0. The molecule has 0 aromatic heterocycles. The first-order valence-corrected chi connectivity index (χ1v) is 6.68. The van der Waals surface area contributed by atoms with Crippen LogP contribution in [0.3, 0.4) is 0 Å². The van der Waals surface area contributed by atoms with E-state index in [0.717, 1.165) is 29.8 Å². The van der Waals surface area contributed by atoms with E-state index in [-0.39, 0.29) is 0 Å². The third-order valence-corrected chi connectivity index (χ3v) is 3.47. The van der Waals surface area contributed by atoms with E-state index in [1.165, 1.54) is 17.5 Å². The van der Waals surface area contributed by atoms with Gasteiger partial charge in [0.05, 0.1) is 11.1 Å². The summed E-state index contributed by atoms with van der Waals surface area (Å²) in [6.07, 6.45) is 2.22. The van der Waals surface area contributed by atoms with Crippen molar-refractivity contribution in [2.45, 2.75) is 32.7 Å². The highest BCUT2D eigenvalue weighted by Gasteiger charge is 2.22. The smallest absolute Gasteiger partial charge is 0.138 e. The Hall–Kier alpha value is -0.540. The van der Waals surface area contributed by atoms with Gasteiger partial charge >= 0.3 is 0 Å². The van der Waals surface area contributed by atoms with E-state index in [1.54, 1.807) is 0 Å². The lowest BCUT2D eigenvalue weighted by Crippen LogP contribution is -2.27. The number of benzene rings is 1. The minimum absolute atomic E-state index is 0.444. The summed E-state index contributed by atoms with van der Waals surface area (Å²) in [5.74, 6) is 1.02. The molecule has 1 heterocycles. The van der Waals surface area contributed by atoms with Crippen molar-refractivity contribution in [3.05, 3.63) is 27.7 Å². The lowest BCUT2D eigenvalue weighted by atomic mass is 9.98. The predicted octanol–water partition coefficient (Wildman–Crippen LogP) is 3.58. The van der Waals surface area contributed by atoms with Crippen molar-refractivity contribution in [2.75, 3.05) is 13.2 Å².